The lowest BCUT2D eigenvalue weighted by Crippen LogP contribution is -2.36. The number of allylic oxidation sites excluding steroid dienone is 11. The van der Waals surface area contributed by atoms with Crippen LogP contribution in [0.1, 0.15) is 50.8 Å². The van der Waals surface area contributed by atoms with Gasteiger partial charge in [-0.15, -0.1) is 11.8 Å². The first-order chi connectivity index (χ1) is 22.8. The van der Waals surface area contributed by atoms with Gasteiger partial charge < -0.3 is 5.32 Å². The van der Waals surface area contributed by atoms with Crippen molar-refractivity contribution in [1.29, 1.82) is 0 Å². The van der Waals surface area contributed by atoms with Gasteiger partial charge in [-0.25, -0.2) is 0 Å². The molecule has 5 aliphatic rings. The van der Waals surface area contributed by atoms with Gasteiger partial charge in [-0.1, -0.05) is 141 Å². The smallest absolute Gasteiger partial charge is 0.108 e. The zero-order valence-corrected chi connectivity index (χ0v) is 28.3. The van der Waals surface area contributed by atoms with Gasteiger partial charge >= 0.3 is 0 Å². The van der Waals surface area contributed by atoms with Gasteiger partial charge in [0.05, 0.1) is 17.1 Å². The lowest BCUT2D eigenvalue weighted by atomic mass is 9.68. The van der Waals surface area contributed by atoms with Crippen LogP contribution >= 0.6 is 11.8 Å². The SMILES string of the molecule is CC1(C2=CC3C(C=C2)SC2(C)C=CC=CC32)C=C(n2c3ccccc3c3ccc(C4(C)C=CC=CC4)cc32)NC(c2ccccc2)C1. The van der Waals surface area contributed by atoms with Crippen LogP contribution in [0.15, 0.2) is 151 Å². The van der Waals surface area contributed by atoms with E-state index in [2.05, 4.69) is 188 Å². The van der Waals surface area contributed by atoms with E-state index in [9.17, 15) is 0 Å². The molecule has 3 aromatic carbocycles. The summed E-state index contributed by atoms with van der Waals surface area (Å²) in [7, 11) is 0. The quantitative estimate of drug-likeness (QED) is 0.242. The van der Waals surface area contributed by atoms with E-state index >= 15 is 0 Å². The fourth-order valence-electron chi connectivity index (χ4n) is 8.94. The van der Waals surface area contributed by atoms with Crippen molar-refractivity contribution >= 4 is 39.4 Å². The summed E-state index contributed by atoms with van der Waals surface area (Å²) in [5.41, 5.74) is 6.46. The van der Waals surface area contributed by atoms with Crippen LogP contribution in [-0.2, 0) is 5.41 Å². The third kappa shape index (κ3) is 4.61. The highest BCUT2D eigenvalue weighted by Gasteiger charge is 2.50. The fraction of sp³-hybridized carbons (Fsp3) is 0.273. The monoisotopic (exact) mass is 630 g/mol. The second-order valence-electron chi connectivity index (χ2n) is 14.8. The summed E-state index contributed by atoms with van der Waals surface area (Å²) >= 11 is 2.13. The normalized spacial score (nSPS) is 33.9. The zero-order valence-electron chi connectivity index (χ0n) is 27.4. The highest BCUT2D eigenvalue weighted by Crippen LogP contribution is 2.57. The van der Waals surface area contributed by atoms with Crippen LogP contribution in [0.25, 0.3) is 27.6 Å². The Morgan fingerprint density at radius 3 is 2.45 bits per heavy atom. The van der Waals surface area contributed by atoms with Gasteiger partial charge in [-0.3, -0.25) is 4.57 Å². The Morgan fingerprint density at radius 1 is 0.787 bits per heavy atom. The molecule has 7 atom stereocenters. The number of hydrogen-bond acceptors (Lipinski definition) is 2. The van der Waals surface area contributed by atoms with Gasteiger partial charge in [0, 0.05) is 43.4 Å². The van der Waals surface area contributed by atoms with E-state index in [0.717, 1.165) is 12.8 Å². The largest absolute Gasteiger partial charge is 0.365 e. The number of nitrogens with zero attached hydrogens (tertiary/aromatic N) is 1. The Hall–Kier alpha value is -4.21. The molecule has 3 heteroatoms. The molecule has 0 spiro atoms. The van der Waals surface area contributed by atoms with Crippen LogP contribution in [0.3, 0.4) is 0 Å². The van der Waals surface area contributed by atoms with Crippen molar-refractivity contribution in [3.8, 4) is 0 Å². The standard InChI is InChI=1S/C44H42N2S/c1-42(23-11-5-12-24-42)32-19-21-34-33-16-8-9-18-38(33)46(39(34)27-32)41-29-43(2,28-37(45-41)30-14-6-4-7-15-30)31-20-22-40-35(26-31)36-17-10-13-25-44(36,3)47-40/h4-23,25-27,29,35-37,40,45H,24,28H2,1-3H3. The summed E-state index contributed by atoms with van der Waals surface area (Å²) in [6.07, 6.45) is 30.6. The Balaban J connectivity index is 1.22. The van der Waals surface area contributed by atoms with Crippen molar-refractivity contribution in [2.75, 3.05) is 0 Å². The van der Waals surface area contributed by atoms with Crippen LogP contribution in [0, 0.1) is 17.3 Å². The Kier molecular flexibility index (Phi) is 6.57. The van der Waals surface area contributed by atoms with Crippen LogP contribution in [0.5, 0.6) is 0 Å². The average molecular weight is 631 g/mol. The molecule has 0 bridgehead atoms. The second kappa shape index (κ2) is 10.7. The second-order valence-corrected chi connectivity index (χ2v) is 16.5. The molecular formula is C44H42N2S. The van der Waals surface area contributed by atoms with E-state index in [1.807, 2.05) is 0 Å². The van der Waals surface area contributed by atoms with Gasteiger partial charge in [0.2, 0.25) is 0 Å². The molecule has 0 radical (unpaired) electrons. The summed E-state index contributed by atoms with van der Waals surface area (Å²) in [6.45, 7) is 7.26. The van der Waals surface area contributed by atoms with Crippen LogP contribution < -0.4 is 5.32 Å². The Morgan fingerprint density at radius 2 is 1.60 bits per heavy atom. The maximum absolute atomic E-state index is 4.08. The van der Waals surface area contributed by atoms with E-state index in [1.165, 1.54) is 44.3 Å². The van der Waals surface area contributed by atoms with Gasteiger partial charge in [-0.2, -0.15) is 0 Å². The Bertz CT molecular complexity index is 2120. The molecule has 2 nitrogen and oxygen atoms in total. The molecule has 1 fully saturated rings. The van der Waals surface area contributed by atoms with E-state index in [1.54, 1.807) is 0 Å². The van der Waals surface area contributed by atoms with Gasteiger partial charge in [0.15, 0.2) is 0 Å². The van der Waals surface area contributed by atoms with E-state index < -0.39 is 0 Å². The number of benzene rings is 3. The fourth-order valence-corrected chi connectivity index (χ4v) is 10.6. The van der Waals surface area contributed by atoms with Crippen molar-refractivity contribution in [1.82, 2.24) is 9.88 Å². The predicted octanol–water partition coefficient (Wildman–Crippen LogP) is 10.8. The molecule has 2 aliphatic heterocycles. The lowest BCUT2D eigenvalue weighted by Gasteiger charge is -2.41. The van der Waals surface area contributed by atoms with E-state index in [0.29, 0.717) is 17.1 Å². The summed E-state index contributed by atoms with van der Waals surface area (Å²) < 4.78 is 2.67. The van der Waals surface area contributed by atoms with Crippen LogP contribution in [-0.4, -0.2) is 14.6 Å². The topological polar surface area (TPSA) is 17.0 Å². The number of thioether (sulfide) groups is 1. The number of rotatable bonds is 4. The molecule has 1 saturated heterocycles. The third-order valence-electron chi connectivity index (χ3n) is 11.6. The summed E-state index contributed by atoms with van der Waals surface area (Å²) in [5.74, 6) is 2.18. The highest BCUT2D eigenvalue weighted by atomic mass is 32.2. The molecule has 234 valence electrons. The molecule has 0 amide bonds. The minimum absolute atomic E-state index is 0.0233. The molecule has 9 rings (SSSR count). The summed E-state index contributed by atoms with van der Waals surface area (Å²) in [6, 6.07) is 27.3. The van der Waals surface area contributed by atoms with Gasteiger partial charge in [0.25, 0.3) is 0 Å². The van der Waals surface area contributed by atoms with Crippen molar-refractivity contribution in [2.45, 2.75) is 55.1 Å². The summed E-state index contributed by atoms with van der Waals surface area (Å²) in [4.78, 5) is 0. The first-order valence-electron chi connectivity index (χ1n) is 17.2. The van der Waals surface area contributed by atoms with Crippen LogP contribution in [0.4, 0.5) is 0 Å². The Labute approximate surface area is 283 Å². The molecule has 4 aromatic rings. The van der Waals surface area contributed by atoms with Crippen molar-refractivity contribution < 1.29 is 0 Å². The van der Waals surface area contributed by atoms with E-state index in [-0.39, 0.29) is 21.6 Å². The molecule has 3 heterocycles. The number of nitrogens with one attached hydrogen (secondary N) is 1. The zero-order chi connectivity index (χ0) is 31.8. The third-order valence-corrected chi connectivity index (χ3v) is 13.3. The van der Waals surface area contributed by atoms with Crippen molar-refractivity contribution in [3.63, 3.8) is 0 Å². The highest BCUT2D eigenvalue weighted by molar-refractivity contribution is 8.01. The number of aromatic nitrogens is 1. The number of fused-ring (bicyclic) bond motifs is 6. The van der Waals surface area contributed by atoms with Gasteiger partial charge in [-0.05, 0) is 54.7 Å². The summed E-state index contributed by atoms with van der Waals surface area (Å²) in [5, 5.41) is 7.19. The average Bonchev–Trinajstić information content (AvgIpc) is 3.59. The molecule has 1 aromatic heterocycles. The van der Waals surface area contributed by atoms with Gasteiger partial charge in [0.1, 0.15) is 5.82 Å². The van der Waals surface area contributed by atoms with Crippen LogP contribution in [0.2, 0.25) is 0 Å². The maximum Gasteiger partial charge on any atom is 0.108 e. The lowest BCUT2D eigenvalue weighted by molar-refractivity contribution is 0.368. The molecule has 47 heavy (non-hydrogen) atoms. The minimum atomic E-state index is -0.154. The number of para-hydroxylation sites is 1. The van der Waals surface area contributed by atoms with E-state index in [4.69, 9.17) is 0 Å². The number of hydrogen-bond donors (Lipinski definition) is 1. The molecule has 7 unspecified atom stereocenters. The molecule has 1 N–H and O–H groups in total. The van der Waals surface area contributed by atoms with Crippen molar-refractivity contribution in [2.24, 2.45) is 17.3 Å². The molecular weight excluding hydrogens is 589 g/mol. The predicted molar refractivity (Wildman–Crippen MR) is 201 cm³/mol. The minimum Gasteiger partial charge on any atom is -0.365 e. The first kappa shape index (κ1) is 29.0. The maximum atomic E-state index is 4.08. The molecule has 3 aliphatic carbocycles. The first-order valence-corrected chi connectivity index (χ1v) is 18.1. The van der Waals surface area contributed by atoms with Crippen molar-refractivity contribution in [3.05, 3.63) is 162 Å². The molecule has 0 saturated carbocycles.